The van der Waals surface area contributed by atoms with Gasteiger partial charge in [0.2, 0.25) is 0 Å². The van der Waals surface area contributed by atoms with E-state index in [1.807, 2.05) is 0 Å². The molecular weight excluding hydrogens is 276 g/mol. The van der Waals surface area contributed by atoms with Gasteiger partial charge in [-0.3, -0.25) is 13.3 Å². The van der Waals surface area contributed by atoms with E-state index in [9.17, 15) is 0 Å². The van der Waals surface area contributed by atoms with Crippen molar-refractivity contribution >= 4 is 53.7 Å². The Morgan fingerprint density at radius 2 is 1.54 bits per heavy atom. The molecule has 0 aromatic heterocycles. The zero-order valence-electron chi connectivity index (χ0n) is 8.00. The molecule has 0 N–H and O–H groups in total. The maximum absolute atomic E-state index is 2.77. The topological polar surface area (TPSA) is 9.72 Å². The van der Waals surface area contributed by atoms with E-state index in [0.717, 1.165) is 34.9 Å². The minimum atomic E-state index is 0.585. The Bertz CT molecular complexity index is 157. The Labute approximate surface area is 92.8 Å². The zero-order valence-corrected chi connectivity index (χ0v) is 14.3. The average molecular weight is 293 g/mol. The highest BCUT2D eigenvalue weighted by atomic mass is 31.3. The van der Waals surface area contributed by atoms with Crippen molar-refractivity contribution in [1.82, 2.24) is 13.3 Å². The molecular formula is C4H17N3P6. The Morgan fingerprint density at radius 1 is 1.15 bits per heavy atom. The number of hydrogen-bond acceptors (Lipinski definition) is 3. The molecule has 0 amide bonds. The van der Waals surface area contributed by atoms with Crippen LogP contribution in [0.5, 0.6) is 0 Å². The molecule has 9 heteroatoms. The molecule has 0 saturated carbocycles. The van der Waals surface area contributed by atoms with Crippen LogP contribution in [-0.4, -0.2) is 38.8 Å². The molecule has 13 heavy (non-hydrogen) atoms. The van der Waals surface area contributed by atoms with Crippen LogP contribution in [0.15, 0.2) is 0 Å². The molecule has 0 bridgehead atoms. The molecule has 6 atom stereocenters. The van der Waals surface area contributed by atoms with Crippen molar-refractivity contribution in [2.24, 2.45) is 0 Å². The van der Waals surface area contributed by atoms with Crippen molar-refractivity contribution < 1.29 is 0 Å². The van der Waals surface area contributed by atoms with E-state index in [-0.39, 0.29) is 0 Å². The third-order valence-electron chi connectivity index (χ3n) is 1.36. The summed E-state index contributed by atoms with van der Waals surface area (Å²) in [5.41, 5.74) is 0. The van der Waals surface area contributed by atoms with Crippen LogP contribution in [0.2, 0.25) is 0 Å². The SMILES string of the molecule is CN(P)PC1(PN(C)P)PN(C)P1. The lowest BCUT2D eigenvalue weighted by molar-refractivity contribution is 0.851. The van der Waals surface area contributed by atoms with Crippen molar-refractivity contribution in [3.8, 4) is 0 Å². The summed E-state index contributed by atoms with van der Waals surface area (Å²) >= 11 is 0. The van der Waals surface area contributed by atoms with Crippen LogP contribution in [-0.2, 0) is 0 Å². The van der Waals surface area contributed by atoms with E-state index in [0.29, 0.717) is 4.38 Å². The molecule has 0 aromatic carbocycles. The predicted octanol–water partition coefficient (Wildman–Crippen LogP) is 2.36. The summed E-state index contributed by atoms with van der Waals surface area (Å²) in [4.78, 5) is 0. The third kappa shape index (κ3) is 4.45. The van der Waals surface area contributed by atoms with E-state index < -0.39 is 0 Å². The summed E-state index contributed by atoms with van der Waals surface area (Å²) < 4.78 is 7.55. The monoisotopic (exact) mass is 293 g/mol. The summed E-state index contributed by atoms with van der Waals surface area (Å²) in [6.07, 6.45) is 0. The normalized spacial score (nSPS) is 35.3. The van der Waals surface area contributed by atoms with Gasteiger partial charge in [0.15, 0.2) is 0 Å². The first kappa shape index (κ1) is 13.5. The molecule has 0 radical (unpaired) electrons. The molecule has 1 fully saturated rings. The van der Waals surface area contributed by atoms with Crippen LogP contribution < -0.4 is 0 Å². The van der Waals surface area contributed by atoms with Gasteiger partial charge in [0.1, 0.15) is 0 Å². The molecule has 0 aliphatic carbocycles. The van der Waals surface area contributed by atoms with Crippen molar-refractivity contribution in [3.05, 3.63) is 0 Å². The molecule has 0 aromatic rings. The van der Waals surface area contributed by atoms with Crippen molar-refractivity contribution in [3.63, 3.8) is 0 Å². The van der Waals surface area contributed by atoms with Crippen molar-refractivity contribution in [2.45, 2.75) is 4.38 Å². The van der Waals surface area contributed by atoms with Gasteiger partial charge in [-0.25, -0.2) is 0 Å². The number of nitrogens with zero attached hydrogens (tertiary/aromatic N) is 3. The third-order valence-corrected chi connectivity index (χ3v) is 9.55. The summed E-state index contributed by atoms with van der Waals surface area (Å²) in [5, 5.41) is 0. The molecule has 1 rings (SSSR count). The van der Waals surface area contributed by atoms with Crippen molar-refractivity contribution in [2.75, 3.05) is 21.1 Å². The van der Waals surface area contributed by atoms with Gasteiger partial charge in [0.05, 0.1) is 4.38 Å². The maximum atomic E-state index is 2.77. The largest absolute Gasteiger partial charge is 0.270 e. The predicted molar refractivity (Wildman–Crippen MR) is 78.7 cm³/mol. The van der Waals surface area contributed by atoms with Gasteiger partial charge >= 0.3 is 0 Å². The molecule has 3 nitrogen and oxygen atoms in total. The molecule has 1 heterocycles. The second-order valence-corrected chi connectivity index (χ2v) is 15.7. The Kier molecular flexibility index (Phi) is 5.92. The van der Waals surface area contributed by atoms with E-state index in [2.05, 4.69) is 53.2 Å². The summed E-state index contributed by atoms with van der Waals surface area (Å²) in [6.45, 7) is 0. The quantitative estimate of drug-likeness (QED) is 0.737. The average Bonchev–Trinajstić information content (AvgIpc) is 1.79. The molecule has 0 spiro atoms. The van der Waals surface area contributed by atoms with Crippen LogP contribution >= 0.6 is 53.7 Å². The molecule has 1 aliphatic rings. The highest BCUT2D eigenvalue weighted by molar-refractivity contribution is 7.96. The first-order chi connectivity index (χ1) is 5.93. The fourth-order valence-electron chi connectivity index (χ4n) is 1.16. The van der Waals surface area contributed by atoms with Gasteiger partial charge in [-0.2, -0.15) is 0 Å². The number of hydrogen-bond donors (Lipinski definition) is 0. The first-order valence-corrected chi connectivity index (χ1v) is 8.57. The van der Waals surface area contributed by atoms with Gasteiger partial charge in [-0.15, -0.1) is 0 Å². The Morgan fingerprint density at radius 3 is 1.77 bits per heavy atom. The van der Waals surface area contributed by atoms with Gasteiger partial charge in [0, 0.05) is 0 Å². The van der Waals surface area contributed by atoms with Crippen molar-refractivity contribution in [1.29, 1.82) is 0 Å². The fraction of sp³-hybridized carbons (Fsp3) is 1.00. The van der Waals surface area contributed by atoms with E-state index in [1.54, 1.807) is 0 Å². The summed E-state index contributed by atoms with van der Waals surface area (Å²) in [6, 6.07) is 0. The van der Waals surface area contributed by atoms with Crippen LogP contribution in [0.4, 0.5) is 0 Å². The molecule has 1 saturated heterocycles. The minimum Gasteiger partial charge on any atom is -0.270 e. The molecule has 1 aliphatic heterocycles. The number of rotatable bonds is 4. The zero-order chi connectivity index (χ0) is 10.1. The lowest BCUT2D eigenvalue weighted by Gasteiger charge is -2.49. The van der Waals surface area contributed by atoms with Crippen LogP contribution in [0.3, 0.4) is 0 Å². The van der Waals surface area contributed by atoms with Gasteiger partial charge in [-0.05, 0) is 56.1 Å². The highest BCUT2D eigenvalue weighted by Gasteiger charge is 2.42. The van der Waals surface area contributed by atoms with Gasteiger partial charge in [-0.1, -0.05) is 18.8 Å². The van der Waals surface area contributed by atoms with Gasteiger partial charge in [0.25, 0.3) is 0 Å². The molecule has 78 valence electrons. The lowest BCUT2D eigenvalue weighted by atomic mass is 11.6. The Hall–Kier alpha value is 2.46. The highest BCUT2D eigenvalue weighted by Crippen LogP contribution is 2.80. The summed E-state index contributed by atoms with van der Waals surface area (Å²) in [7, 11) is 15.9. The van der Waals surface area contributed by atoms with Crippen LogP contribution in [0, 0.1) is 0 Å². The fourth-order valence-corrected chi connectivity index (χ4v) is 15.9. The second kappa shape index (κ2) is 5.69. The van der Waals surface area contributed by atoms with E-state index in [1.165, 1.54) is 0 Å². The minimum absolute atomic E-state index is 0.585. The Balaban J connectivity index is 2.46. The van der Waals surface area contributed by atoms with Crippen LogP contribution in [0.25, 0.3) is 0 Å². The summed E-state index contributed by atoms with van der Waals surface area (Å²) in [5.74, 6) is 0. The van der Waals surface area contributed by atoms with E-state index in [4.69, 9.17) is 0 Å². The maximum Gasteiger partial charge on any atom is 0.0925 e. The smallest absolute Gasteiger partial charge is 0.0925 e. The standard InChI is InChI=1S/C4H17N3P6/c1-5(8)10-4(11-6(2)9)12-7(3)13-4/h10-13H,8-9H2,1-3H3. The van der Waals surface area contributed by atoms with Crippen LogP contribution in [0.1, 0.15) is 0 Å². The molecule has 6 unspecified atom stereocenters. The lowest BCUT2D eigenvalue weighted by Crippen LogP contribution is -2.25. The second-order valence-electron chi connectivity index (χ2n) is 2.98. The van der Waals surface area contributed by atoms with E-state index >= 15 is 0 Å². The van der Waals surface area contributed by atoms with Gasteiger partial charge < -0.3 is 0 Å². The first-order valence-electron chi connectivity index (χ1n) is 3.75.